The first-order valence-corrected chi connectivity index (χ1v) is 14.2. The lowest BCUT2D eigenvalue weighted by atomic mass is 9.82. The Hall–Kier alpha value is -3.88. The normalized spacial score (nSPS) is 20.1. The molecule has 40 heavy (non-hydrogen) atoms. The van der Waals surface area contributed by atoms with Crippen LogP contribution in [-0.2, 0) is 26.3 Å². The van der Waals surface area contributed by atoms with Crippen molar-refractivity contribution in [1.82, 2.24) is 20.9 Å². The van der Waals surface area contributed by atoms with E-state index in [-0.39, 0.29) is 29.7 Å². The molecule has 1 heterocycles. The van der Waals surface area contributed by atoms with Crippen LogP contribution < -0.4 is 16.0 Å². The molecule has 0 bridgehead atoms. The molecule has 1 saturated carbocycles. The van der Waals surface area contributed by atoms with Gasteiger partial charge in [-0.2, -0.15) is 0 Å². The van der Waals surface area contributed by atoms with Gasteiger partial charge in [-0.15, -0.1) is 0 Å². The first-order valence-electron chi connectivity index (χ1n) is 14.2. The topological polar surface area (TPSA) is 124 Å². The van der Waals surface area contributed by atoms with Crippen molar-refractivity contribution in [2.75, 3.05) is 13.7 Å². The minimum atomic E-state index is -0.946. The predicted molar refractivity (Wildman–Crippen MR) is 154 cm³/mol. The Morgan fingerprint density at radius 3 is 2.35 bits per heavy atom. The maximum Gasteiger partial charge on any atom is 0.407 e. The molecular formula is C31H41N5O4. The van der Waals surface area contributed by atoms with Gasteiger partial charge in [0.1, 0.15) is 11.6 Å². The SMILES string of the molecule is COC(=O)N[C@@H](Cc1ccccc1)C(=O)NCCCC(C1CC1)N1C(=N)NC(CC(C)C)(c2ccccc2)C1=O. The third-order valence-electron chi connectivity index (χ3n) is 7.69. The molecule has 4 N–H and O–H groups in total. The second-order valence-corrected chi connectivity index (χ2v) is 11.2. The van der Waals surface area contributed by atoms with Crippen LogP contribution in [0.2, 0.25) is 0 Å². The summed E-state index contributed by atoms with van der Waals surface area (Å²) in [6.07, 6.45) is 3.64. The monoisotopic (exact) mass is 547 g/mol. The number of hydrogen-bond acceptors (Lipinski definition) is 5. The summed E-state index contributed by atoms with van der Waals surface area (Å²) >= 11 is 0. The van der Waals surface area contributed by atoms with Gasteiger partial charge in [0, 0.05) is 19.0 Å². The molecule has 9 heteroatoms. The van der Waals surface area contributed by atoms with Crippen LogP contribution in [-0.4, -0.2) is 54.5 Å². The highest BCUT2D eigenvalue weighted by molar-refractivity contribution is 6.08. The number of guanidine groups is 1. The Balaban J connectivity index is 1.40. The summed E-state index contributed by atoms with van der Waals surface area (Å²) < 4.78 is 4.72. The van der Waals surface area contributed by atoms with Gasteiger partial charge in [-0.05, 0) is 55.1 Å². The Labute approximate surface area is 236 Å². The van der Waals surface area contributed by atoms with Crippen molar-refractivity contribution >= 4 is 23.9 Å². The summed E-state index contributed by atoms with van der Waals surface area (Å²) in [5, 5.41) is 17.7. The largest absolute Gasteiger partial charge is 0.453 e. The fourth-order valence-electron chi connectivity index (χ4n) is 5.69. The van der Waals surface area contributed by atoms with E-state index in [0.717, 1.165) is 24.0 Å². The molecule has 2 aromatic rings. The van der Waals surface area contributed by atoms with Gasteiger partial charge in [0.05, 0.1) is 7.11 Å². The second kappa shape index (κ2) is 13.0. The number of alkyl carbamates (subject to hydrolysis) is 1. The molecule has 0 radical (unpaired) electrons. The lowest BCUT2D eigenvalue weighted by Gasteiger charge is -2.31. The second-order valence-electron chi connectivity index (χ2n) is 11.2. The van der Waals surface area contributed by atoms with Crippen molar-refractivity contribution in [2.24, 2.45) is 11.8 Å². The first kappa shape index (κ1) is 29.1. The zero-order chi connectivity index (χ0) is 28.7. The summed E-state index contributed by atoms with van der Waals surface area (Å²) in [6.45, 7) is 4.58. The highest BCUT2D eigenvalue weighted by Gasteiger charge is 2.54. The van der Waals surface area contributed by atoms with Crippen molar-refractivity contribution in [2.45, 2.75) is 70.0 Å². The van der Waals surface area contributed by atoms with E-state index in [0.29, 0.717) is 38.1 Å². The minimum absolute atomic E-state index is 0.0662. The highest BCUT2D eigenvalue weighted by Crippen LogP contribution is 2.42. The third kappa shape index (κ3) is 6.81. The number of rotatable bonds is 13. The zero-order valence-electron chi connectivity index (χ0n) is 23.6. The van der Waals surface area contributed by atoms with E-state index in [1.165, 1.54) is 7.11 Å². The van der Waals surface area contributed by atoms with Gasteiger partial charge in [0.2, 0.25) is 5.91 Å². The molecule has 2 unspecified atom stereocenters. The predicted octanol–water partition coefficient (Wildman–Crippen LogP) is 3.94. The standard InChI is InChI=1S/C31H41N5O4/c1-21(2)20-31(24-13-8-5-9-14-24)28(38)36(29(32)35-31)26(23-16-17-23)15-10-18-33-27(37)25(34-30(39)40-3)19-22-11-6-4-7-12-22/h4-9,11-14,21,23,25-26H,10,15-20H2,1-3H3,(H2,32,35)(H,33,37)(H,34,39)/t25-,26?,31?/m0/s1. The molecule has 2 aliphatic rings. The summed E-state index contributed by atoms with van der Waals surface area (Å²) in [5.41, 5.74) is 0.859. The molecule has 3 amide bonds. The van der Waals surface area contributed by atoms with Gasteiger partial charge in [0.25, 0.3) is 5.91 Å². The molecule has 3 atom stereocenters. The van der Waals surface area contributed by atoms with E-state index in [2.05, 4.69) is 29.8 Å². The number of methoxy groups -OCH3 is 1. The van der Waals surface area contributed by atoms with E-state index in [9.17, 15) is 14.4 Å². The van der Waals surface area contributed by atoms with Crippen LogP contribution in [0.5, 0.6) is 0 Å². The van der Waals surface area contributed by atoms with Gasteiger partial charge in [-0.25, -0.2) is 4.79 Å². The number of amides is 3. The number of hydrogen-bond donors (Lipinski definition) is 4. The smallest absolute Gasteiger partial charge is 0.407 e. The van der Waals surface area contributed by atoms with E-state index >= 15 is 0 Å². The van der Waals surface area contributed by atoms with Crippen LogP contribution in [0, 0.1) is 17.2 Å². The Morgan fingerprint density at radius 2 is 1.75 bits per heavy atom. The number of nitrogens with one attached hydrogen (secondary N) is 4. The average Bonchev–Trinajstić information content (AvgIpc) is 3.76. The van der Waals surface area contributed by atoms with Gasteiger partial charge in [0.15, 0.2) is 5.96 Å². The van der Waals surface area contributed by atoms with E-state index in [4.69, 9.17) is 10.1 Å². The van der Waals surface area contributed by atoms with Crippen molar-refractivity contribution in [3.05, 3.63) is 71.8 Å². The molecule has 2 fully saturated rings. The Kier molecular flexibility index (Phi) is 9.45. The van der Waals surface area contributed by atoms with Crippen molar-refractivity contribution in [3.63, 3.8) is 0 Å². The molecule has 2 aromatic carbocycles. The number of ether oxygens (including phenoxy) is 1. The van der Waals surface area contributed by atoms with Crippen LogP contribution in [0.4, 0.5) is 4.79 Å². The fourth-order valence-corrected chi connectivity index (χ4v) is 5.69. The number of nitrogens with zero attached hydrogens (tertiary/aromatic N) is 1. The summed E-state index contributed by atoms with van der Waals surface area (Å²) in [6, 6.07) is 18.3. The zero-order valence-corrected chi connectivity index (χ0v) is 23.6. The van der Waals surface area contributed by atoms with Gasteiger partial charge in [-0.3, -0.25) is 19.9 Å². The van der Waals surface area contributed by atoms with Gasteiger partial charge < -0.3 is 20.7 Å². The van der Waals surface area contributed by atoms with E-state index < -0.39 is 17.7 Å². The van der Waals surface area contributed by atoms with Gasteiger partial charge >= 0.3 is 6.09 Å². The Morgan fingerprint density at radius 1 is 1.10 bits per heavy atom. The summed E-state index contributed by atoms with van der Waals surface area (Å²) in [4.78, 5) is 40.6. The van der Waals surface area contributed by atoms with Gasteiger partial charge in [-0.1, -0.05) is 74.5 Å². The quantitative estimate of drug-likeness (QED) is 0.283. The molecule has 0 aromatic heterocycles. The Bertz CT molecular complexity index is 1180. The van der Waals surface area contributed by atoms with Crippen LogP contribution in [0.15, 0.2) is 60.7 Å². The maximum atomic E-state index is 14.1. The van der Waals surface area contributed by atoms with Crippen LogP contribution in [0.1, 0.15) is 57.1 Å². The van der Waals surface area contributed by atoms with E-state index in [1.54, 1.807) is 4.90 Å². The highest BCUT2D eigenvalue weighted by atomic mass is 16.5. The molecule has 4 rings (SSSR count). The number of carbonyl (C=O) groups excluding carboxylic acids is 3. The minimum Gasteiger partial charge on any atom is -0.453 e. The molecule has 1 saturated heterocycles. The molecular weight excluding hydrogens is 506 g/mol. The van der Waals surface area contributed by atoms with Crippen LogP contribution in [0.3, 0.4) is 0 Å². The number of carbonyl (C=O) groups is 3. The third-order valence-corrected chi connectivity index (χ3v) is 7.69. The molecule has 1 aliphatic carbocycles. The number of benzene rings is 2. The lowest BCUT2D eigenvalue weighted by molar-refractivity contribution is -0.134. The van der Waals surface area contributed by atoms with Crippen molar-refractivity contribution in [1.29, 1.82) is 5.41 Å². The molecule has 9 nitrogen and oxygen atoms in total. The van der Waals surface area contributed by atoms with Crippen molar-refractivity contribution < 1.29 is 19.1 Å². The lowest BCUT2D eigenvalue weighted by Crippen LogP contribution is -2.48. The molecule has 1 aliphatic heterocycles. The summed E-state index contributed by atoms with van der Waals surface area (Å²) in [5.74, 6) is 0.397. The maximum absolute atomic E-state index is 14.1. The molecule has 214 valence electrons. The fraction of sp³-hybridized carbons (Fsp3) is 0.484. The van der Waals surface area contributed by atoms with Crippen LogP contribution >= 0.6 is 0 Å². The average molecular weight is 548 g/mol. The first-order chi connectivity index (χ1) is 19.2. The van der Waals surface area contributed by atoms with Crippen LogP contribution in [0.25, 0.3) is 0 Å². The molecule has 0 spiro atoms. The van der Waals surface area contributed by atoms with Crippen molar-refractivity contribution in [3.8, 4) is 0 Å². The van der Waals surface area contributed by atoms with E-state index in [1.807, 2.05) is 60.7 Å². The summed E-state index contributed by atoms with van der Waals surface area (Å²) in [7, 11) is 1.27.